The first-order valence-corrected chi connectivity index (χ1v) is 8.69. The molecular weight excluding hydrogens is 352 g/mol. The molecule has 4 rings (SSSR count). The minimum absolute atomic E-state index is 0.0591. The topological polar surface area (TPSA) is 102 Å². The van der Waals surface area contributed by atoms with E-state index in [1.54, 1.807) is 16.7 Å². The van der Waals surface area contributed by atoms with Gasteiger partial charge in [0, 0.05) is 31.5 Å². The van der Waals surface area contributed by atoms with E-state index in [0.29, 0.717) is 17.6 Å². The molecule has 0 saturated carbocycles. The lowest BCUT2D eigenvalue weighted by molar-refractivity contribution is -0.129. The second-order valence-electron chi connectivity index (χ2n) is 6.66. The number of hydrogen-bond acceptors (Lipinski definition) is 6. The first-order chi connectivity index (χ1) is 12.9. The Hall–Kier alpha value is -3.23. The van der Waals surface area contributed by atoms with Crippen molar-refractivity contribution < 1.29 is 19.1 Å². The molecule has 0 spiro atoms. The molecule has 2 aliphatic rings. The predicted octanol–water partition coefficient (Wildman–Crippen LogP) is 0.528. The molecule has 0 atom stereocenters. The van der Waals surface area contributed by atoms with Crippen LogP contribution >= 0.6 is 0 Å². The second-order valence-corrected chi connectivity index (χ2v) is 6.66. The van der Waals surface area contributed by atoms with Crippen molar-refractivity contribution in [3.05, 3.63) is 39.8 Å². The van der Waals surface area contributed by atoms with Crippen LogP contribution in [0.4, 0.5) is 4.79 Å². The van der Waals surface area contributed by atoms with Crippen LogP contribution in [0.5, 0.6) is 0 Å². The molecule has 3 amide bonds. The number of imide groups is 1. The third kappa shape index (κ3) is 2.66. The molecule has 0 aliphatic carbocycles. The Bertz CT molecular complexity index is 1020. The standard InChI is InChI=1S/C18H18N4O5/c1-3-20-8-13(15(24)12-5-4-10(2)19-16(12)20)17(25)21-6-11(7-21)22-14(23)9-27-18(22)26/h4-5,8,11H,3,6-7,9H2,1-2H3. The molecule has 9 nitrogen and oxygen atoms in total. The van der Waals surface area contributed by atoms with Crippen LogP contribution < -0.4 is 5.43 Å². The Kier molecular flexibility index (Phi) is 3.94. The van der Waals surface area contributed by atoms with Gasteiger partial charge in [-0.25, -0.2) is 14.7 Å². The van der Waals surface area contributed by atoms with Gasteiger partial charge in [0.1, 0.15) is 11.2 Å². The molecule has 0 bridgehead atoms. The molecule has 0 radical (unpaired) electrons. The molecule has 0 unspecified atom stereocenters. The fraction of sp³-hybridized carbons (Fsp3) is 0.389. The average molecular weight is 370 g/mol. The number of fused-ring (bicyclic) bond motifs is 1. The molecule has 0 N–H and O–H groups in total. The molecule has 9 heteroatoms. The molecular formula is C18H18N4O5. The van der Waals surface area contributed by atoms with Crippen molar-refractivity contribution in [2.75, 3.05) is 19.7 Å². The quantitative estimate of drug-likeness (QED) is 0.781. The minimum atomic E-state index is -0.683. The molecule has 2 saturated heterocycles. The summed E-state index contributed by atoms with van der Waals surface area (Å²) in [5, 5.41) is 0.392. The summed E-state index contributed by atoms with van der Waals surface area (Å²) in [6, 6.07) is 3.01. The van der Waals surface area contributed by atoms with Gasteiger partial charge in [-0.15, -0.1) is 0 Å². The third-order valence-corrected chi connectivity index (χ3v) is 4.93. The summed E-state index contributed by atoms with van der Waals surface area (Å²) in [6.45, 7) is 4.43. The Morgan fingerprint density at radius 3 is 2.63 bits per heavy atom. The van der Waals surface area contributed by atoms with Gasteiger partial charge in [-0.05, 0) is 26.0 Å². The zero-order valence-corrected chi connectivity index (χ0v) is 15.0. The summed E-state index contributed by atoms with van der Waals surface area (Å²) >= 11 is 0. The van der Waals surface area contributed by atoms with E-state index in [2.05, 4.69) is 4.98 Å². The molecule has 27 heavy (non-hydrogen) atoms. The molecule has 2 aromatic heterocycles. The van der Waals surface area contributed by atoms with Gasteiger partial charge >= 0.3 is 6.09 Å². The van der Waals surface area contributed by atoms with Gasteiger partial charge in [0.15, 0.2) is 6.61 Å². The molecule has 2 aliphatic heterocycles. The van der Waals surface area contributed by atoms with Crippen LogP contribution in [0.3, 0.4) is 0 Å². The fourth-order valence-electron chi connectivity index (χ4n) is 3.43. The molecule has 140 valence electrons. The monoisotopic (exact) mass is 370 g/mol. The van der Waals surface area contributed by atoms with Crippen molar-refractivity contribution in [1.82, 2.24) is 19.4 Å². The van der Waals surface area contributed by atoms with Crippen molar-refractivity contribution in [2.24, 2.45) is 0 Å². The van der Waals surface area contributed by atoms with Crippen molar-refractivity contribution in [3.8, 4) is 0 Å². The van der Waals surface area contributed by atoms with Crippen LogP contribution in [0.15, 0.2) is 23.1 Å². The highest BCUT2D eigenvalue weighted by atomic mass is 16.6. The van der Waals surface area contributed by atoms with Gasteiger partial charge in [-0.1, -0.05) is 0 Å². The van der Waals surface area contributed by atoms with Gasteiger partial charge in [0.05, 0.1) is 11.4 Å². The van der Waals surface area contributed by atoms with Gasteiger partial charge < -0.3 is 14.2 Å². The van der Waals surface area contributed by atoms with Crippen LogP contribution in [-0.2, 0) is 16.1 Å². The third-order valence-electron chi connectivity index (χ3n) is 4.93. The SMILES string of the molecule is CCn1cc(C(=O)N2CC(N3C(=O)COC3=O)C2)c(=O)c2ccc(C)nc21. The lowest BCUT2D eigenvalue weighted by Crippen LogP contribution is -2.62. The van der Waals surface area contributed by atoms with Gasteiger partial charge in [0.2, 0.25) is 5.43 Å². The molecule has 4 heterocycles. The van der Waals surface area contributed by atoms with E-state index in [-0.39, 0.29) is 30.7 Å². The summed E-state index contributed by atoms with van der Waals surface area (Å²) < 4.78 is 6.47. The first kappa shape index (κ1) is 17.2. The van der Waals surface area contributed by atoms with Gasteiger partial charge in [0.25, 0.3) is 11.8 Å². The van der Waals surface area contributed by atoms with Crippen LogP contribution in [0.2, 0.25) is 0 Å². The zero-order chi connectivity index (χ0) is 19.3. The van der Waals surface area contributed by atoms with E-state index in [0.717, 1.165) is 10.6 Å². The maximum absolute atomic E-state index is 12.8. The van der Waals surface area contributed by atoms with E-state index in [9.17, 15) is 19.2 Å². The maximum atomic E-state index is 12.8. The number of hydrogen-bond donors (Lipinski definition) is 0. The normalized spacial score (nSPS) is 17.4. The summed E-state index contributed by atoms with van der Waals surface area (Å²) in [7, 11) is 0. The van der Waals surface area contributed by atoms with Crippen molar-refractivity contribution in [3.63, 3.8) is 0 Å². The number of aryl methyl sites for hydroxylation is 2. The minimum Gasteiger partial charge on any atom is -0.439 e. The number of carbonyl (C=O) groups is 3. The van der Waals surface area contributed by atoms with Crippen LogP contribution in [-0.4, -0.2) is 63.0 Å². The predicted molar refractivity (Wildman–Crippen MR) is 94.3 cm³/mol. The first-order valence-electron chi connectivity index (χ1n) is 8.69. The number of likely N-dealkylation sites (tertiary alicyclic amines) is 1. The van der Waals surface area contributed by atoms with Crippen LogP contribution in [0, 0.1) is 6.92 Å². The van der Waals surface area contributed by atoms with Crippen LogP contribution in [0.25, 0.3) is 11.0 Å². The number of amides is 3. The van der Waals surface area contributed by atoms with E-state index in [1.807, 2.05) is 13.8 Å². The molecule has 2 aromatic rings. The highest BCUT2D eigenvalue weighted by molar-refractivity contribution is 6.00. The Morgan fingerprint density at radius 2 is 2.00 bits per heavy atom. The summed E-state index contributed by atoms with van der Waals surface area (Å²) in [6.07, 6.45) is 0.847. The van der Waals surface area contributed by atoms with E-state index < -0.39 is 23.9 Å². The van der Waals surface area contributed by atoms with E-state index in [1.165, 1.54) is 11.1 Å². The number of aromatic nitrogens is 2. The fourth-order valence-corrected chi connectivity index (χ4v) is 3.43. The summed E-state index contributed by atoms with van der Waals surface area (Å²) in [5.41, 5.74) is 1.03. The number of nitrogens with zero attached hydrogens (tertiary/aromatic N) is 4. The van der Waals surface area contributed by atoms with E-state index in [4.69, 9.17) is 4.74 Å². The number of rotatable bonds is 3. The van der Waals surface area contributed by atoms with Crippen molar-refractivity contribution in [1.29, 1.82) is 0 Å². The second kappa shape index (κ2) is 6.19. The van der Waals surface area contributed by atoms with Crippen LogP contribution in [0.1, 0.15) is 23.0 Å². The average Bonchev–Trinajstić information content (AvgIpc) is 2.93. The lowest BCUT2D eigenvalue weighted by atomic mass is 10.0. The van der Waals surface area contributed by atoms with Crippen molar-refractivity contribution >= 4 is 28.9 Å². The summed E-state index contributed by atoms with van der Waals surface area (Å²) in [4.78, 5) is 55.8. The lowest BCUT2D eigenvalue weighted by Gasteiger charge is -2.41. The Balaban J connectivity index is 1.62. The number of cyclic esters (lactones) is 1. The number of ether oxygens (including phenoxy) is 1. The number of carbonyl (C=O) groups excluding carboxylic acids is 3. The molecule has 2 fully saturated rings. The molecule has 0 aromatic carbocycles. The maximum Gasteiger partial charge on any atom is 0.417 e. The largest absolute Gasteiger partial charge is 0.439 e. The Labute approximate surface area is 154 Å². The number of pyridine rings is 2. The van der Waals surface area contributed by atoms with Crippen molar-refractivity contribution in [2.45, 2.75) is 26.4 Å². The summed E-state index contributed by atoms with van der Waals surface area (Å²) in [5.74, 6) is -0.821. The van der Waals surface area contributed by atoms with Gasteiger partial charge in [-0.2, -0.15) is 0 Å². The highest BCUT2D eigenvalue weighted by Gasteiger charge is 2.44. The Morgan fingerprint density at radius 1 is 1.26 bits per heavy atom. The van der Waals surface area contributed by atoms with E-state index >= 15 is 0 Å². The smallest absolute Gasteiger partial charge is 0.417 e. The van der Waals surface area contributed by atoms with Gasteiger partial charge in [-0.3, -0.25) is 14.4 Å². The zero-order valence-electron chi connectivity index (χ0n) is 15.0. The highest BCUT2D eigenvalue weighted by Crippen LogP contribution is 2.21.